The lowest BCUT2D eigenvalue weighted by atomic mass is 10.0. The zero-order chi connectivity index (χ0) is 17.4. The first kappa shape index (κ1) is 18.7. The van der Waals surface area contributed by atoms with Crippen molar-refractivity contribution in [2.24, 2.45) is 0 Å². The Labute approximate surface area is 146 Å². The fraction of sp³-hybridized carbons (Fsp3) is 0.632. The first-order valence-electron chi connectivity index (χ1n) is 9.07. The smallest absolute Gasteiger partial charge is 0.321 e. The van der Waals surface area contributed by atoms with Crippen LogP contribution < -0.4 is 5.32 Å². The van der Waals surface area contributed by atoms with Gasteiger partial charge in [0.05, 0.1) is 0 Å². The third-order valence-electron chi connectivity index (χ3n) is 4.71. The Balaban J connectivity index is 1.90. The number of anilines is 1. The molecule has 0 unspecified atom stereocenters. The minimum absolute atomic E-state index is 0.0298. The number of urea groups is 1. The monoisotopic (exact) mass is 333 g/mol. The van der Waals surface area contributed by atoms with Crippen LogP contribution in [0.25, 0.3) is 0 Å². The Morgan fingerprint density at radius 1 is 1.12 bits per heavy atom. The maximum Gasteiger partial charge on any atom is 0.321 e. The number of methoxy groups -OCH3 is 1. The van der Waals surface area contributed by atoms with Gasteiger partial charge in [-0.2, -0.15) is 0 Å². The summed E-state index contributed by atoms with van der Waals surface area (Å²) in [4.78, 5) is 17.0. The highest BCUT2D eigenvalue weighted by Crippen LogP contribution is 2.23. The lowest BCUT2D eigenvalue weighted by Gasteiger charge is -2.35. The number of piperazine rings is 1. The molecule has 0 radical (unpaired) electrons. The van der Waals surface area contributed by atoms with Crippen molar-refractivity contribution in [3.8, 4) is 0 Å². The Morgan fingerprint density at radius 2 is 1.75 bits per heavy atom. The first-order valence-corrected chi connectivity index (χ1v) is 9.07. The number of nitrogens with one attached hydrogen (secondary N) is 1. The fourth-order valence-corrected chi connectivity index (χ4v) is 3.20. The molecule has 1 aromatic carbocycles. The molecule has 0 spiro atoms. The SMILES string of the molecule is CCc1cccc(CC)c1NC(=O)N1CCN(CCCOC)CC1. The molecule has 1 aliphatic rings. The minimum atomic E-state index is 0.0298. The molecule has 0 bridgehead atoms. The number of hydrogen-bond donors (Lipinski definition) is 1. The van der Waals surface area contributed by atoms with Gasteiger partial charge in [0.1, 0.15) is 0 Å². The van der Waals surface area contributed by atoms with E-state index < -0.39 is 0 Å². The van der Waals surface area contributed by atoms with Gasteiger partial charge in [0.25, 0.3) is 0 Å². The third-order valence-corrected chi connectivity index (χ3v) is 4.71. The quantitative estimate of drug-likeness (QED) is 0.780. The molecular weight excluding hydrogens is 302 g/mol. The Bertz CT molecular complexity index is 503. The van der Waals surface area contributed by atoms with Crippen LogP contribution in [0.5, 0.6) is 0 Å². The Morgan fingerprint density at radius 3 is 2.29 bits per heavy atom. The zero-order valence-corrected chi connectivity index (χ0v) is 15.3. The second kappa shape index (κ2) is 9.64. The Hall–Kier alpha value is -1.59. The highest BCUT2D eigenvalue weighted by atomic mass is 16.5. The van der Waals surface area contributed by atoms with Crippen LogP contribution in [0.2, 0.25) is 0 Å². The number of ether oxygens (including phenoxy) is 1. The van der Waals surface area contributed by atoms with Crippen molar-refractivity contribution in [1.29, 1.82) is 0 Å². The van der Waals surface area contributed by atoms with Gasteiger partial charge in [-0.25, -0.2) is 4.79 Å². The number of carbonyl (C=O) groups excluding carboxylic acids is 1. The van der Waals surface area contributed by atoms with E-state index in [4.69, 9.17) is 4.74 Å². The molecule has 1 saturated heterocycles. The molecule has 2 rings (SSSR count). The van der Waals surface area contributed by atoms with E-state index in [1.54, 1.807) is 7.11 Å². The molecule has 0 aliphatic carbocycles. The van der Waals surface area contributed by atoms with Crippen LogP contribution >= 0.6 is 0 Å². The van der Waals surface area contributed by atoms with Crippen LogP contribution in [-0.2, 0) is 17.6 Å². The van der Waals surface area contributed by atoms with Gasteiger partial charge in [-0.05, 0) is 30.4 Å². The van der Waals surface area contributed by atoms with E-state index in [0.29, 0.717) is 0 Å². The van der Waals surface area contributed by atoms with Crippen LogP contribution in [0, 0.1) is 0 Å². The largest absolute Gasteiger partial charge is 0.385 e. The summed E-state index contributed by atoms with van der Waals surface area (Å²) in [5.41, 5.74) is 3.43. The van der Waals surface area contributed by atoms with Gasteiger partial charge in [-0.3, -0.25) is 4.90 Å². The van der Waals surface area contributed by atoms with Gasteiger partial charge in [0.15, 0.2) is 0 Å². The third kappa shape index (κ3) is 4.95. The normalized spacial score (nSPS) is 15.5. The maximum atomic E-state index is 12.6. The summed E-state index contributed by atoms with van der Waals surface area (Å²) in [5, 5.41) is 3.17. The van der Waals surface area contributed by atoms with Crippen LogP contribution in [0.1, 0.15) is 31.4 Å². The van der Waals surface area contributed by atoms with Gasteiger partial charge in [-0.15, -0.1) is 0 Å². The highest BCUT2D eigenvalue weighted by molar-refractivity contribution is 5.91. The van der Waals surface area contributed by atoms with Crippen molar-refractivity contribution in [2.75, 3.05) is 51.8 Å². The van der Waals surface area contributed by atoms with Gasteiger partial charge < -0.3 is 15.0 Å². The second-order valence-electron chi connectivity index (χ2n) is 6.26. The molecule has 1 aliphatic heterocycles. The molecule has 5 nitrogen and oxygen atoms in total. The topological polar surface area (TPSA) is 44.8 Å². The van der Waals surface area contributed by atoms with Crippen molar-refractivity contribution in [2.45, 2.75) is 33.1 Å². The summed E-state index contributed by atoms with van der Waals surface area (Å²) in [6.45, 7) is 9.55. The van der Waals surface area contributed by atoms with Crippen molar-refractivity contribution < 1.29 is 9.53 Å². The van der Waals surface area contributed by atoms with Crippen molar-refractivity contribution >= 4 is 11.7 Å². The number of aryl methyl sites for hydroxylation is 2. The number of para-hydroxylation sites is 1. The number of nitrogens with zero attached hydrogens (tertiary/aromatic N) is 2. The lowest BCUT2D eigenvalue weighted by Crippen LogP contribution is -2.50. The minimum Gasteiger partial charge on any atom is -0.385 e. The molecule has 0 atom stereocenters. The van der Waals surface area contributed by atoms with Crippen molar-refractivity contribution in [1.82, 2.24) is 9.80 Å². The van der Waals surface area contributed by atoms with E-state index in [-0.39, 0.29) is 6.03 Å². The standard InChI is InChI=1S/C19H31N3O2/c1-4-16-8-6-9-17(5-2)18(16)20-19(23)22-13-11-21(12-14-22)10-7-15-24-3/h6,8-9H,4-5,7,10-15H2,1-3H3,(H,20,23). The van der Waals surface area contributed by atoms with E-state index >= 15 is 0 Å². The summed E-state index contributed by atoms with van der Waals surface area (Å²) in [6, 6.07) is 6.30. The van der Waals surface area contributed by atoms with Gasteiger partial charge >= 0.3 is 6.03 Å². The predicted octanol–water partition coefficient (Wildman–Crippen LogP) is 3.00. The summed E-state index contributed by atoms with van der Waals surface area (Å²) in [7, 11) is 1.74. The van der Waals surface area contributed by atoms with E-state index in [9.17, 15) is 4.79 Å². The van der Waals surface area contributed by atoms with Gasteiger partial charge in [0.2, 0.25) is 0 Å². The van der Waals surface area contributed by atoms with Crippen LogP contribution in [0.3, 0.4) is 0 Å². The molecule has 134 valence electrons. The number of amides is 2. The fourth-order valence-electron chi connectivity index (χ4n) is 3.20. The molecule has 0 aromatic heterocycles. The average Bonchev–Trinajstić information content (AvgIpc) is 2.62. The van der Waals surface area contributed by atoms with Crippen LogP contribution in [-0.4, -0.2) is 62.3 Å². The summed E-state index contributed by atoms with van der Waals surface area (Å²) < 4.78 is 5.10. The Kier molecular flexibility index (Phi) is 7.53. The molecular formula is C19H31N3O2. The van der Waals surface area contributed by atoms with Crippen LogP contribution in [0.4, 0.5) is 10.5 Å². The van der Waals surface area contributed by atoms with Crippen LogP contribution in [0.15, 0.2) is 18.2 Å². The van der Waals surface area contributed by atoms with Crippen molar-refractivity contribution in [3.63, 3.8) is 0 Å². The molecule has 1 heterocycles. The van der Waals surface area contributed by atoms with Crippen molar-refractivity contribution in [3.05, 3.63) is 29.3 Å². The molecule has 0 saturated carbocycles. The maximum absolute atomic E-state index is 12.6. The molecule has 1 aromatic rings. The highest BCUT2D eigenvalue weighted by Gasteiger charge is 2.21. The summed E-state index contributed by atoms with van der Waals surface area (Å²) in [6.07, 6.45) is 2.90. The summed E-state index contributed by atoms with van der Waals surface area (Å²) >= 11 is 0. The number of carbonyl (C=O) groups is 1. The zero-order valence-electron chi connectivity index (χ0n) is 15.3. The van der Waals surface area contributed by atoms with E-state index in [1.165, 1.54) is 11.1 Å². The number of hydrogen-bond acceptors (Lipinski definition) is 3. The predicted molar refractivity (Wildman–Crippen MR) is 98.7 cm³/mol. The number of benzene rings is 1. The molecule has 5 heteroatoms. The van der Waals surface area contributed by atoms with Gasteiger partial charge in [0, 0.05) is 52.1 Å². The van der Waals surface area contributed by atoms with Gasteiger partial charge in [-0.1, -0.05) is 32.0 Å². The van der Waals surface area contributed by atoms with E-state index in [2.05, 4.69) is 42.3 Å². The van der Waals surface area contributed by atoms with E-state index in [1.807, 2.05) is 4.90 Å². The molecule has 2 amide bonds. The second-order valence-corrected chi connectivity index (χ2v) is 6.26. The van der Waals surface area contributed by atoms with E-state index in [0.717, 1.165) is 64.3 Å². The molecule has 24 heavy (non-hydrogen) atoms. The average molecular weight is 333 g/mol. The number of rotatable bonds is 7. The molecule has 1 N–H and O–H groups in total. The molecule has 1 fully saturated rings. The summed E-state index contributed by atoms with van der Waals surface area (Å²) in [5.74, 6) is 0. The lowest BCUT2D eigenvalue weighted by molar-refractivity contribution is 0.130. The first-order chi connectivity index (χ1) is 11.7.